The molecular formula is C12H16N2O2S. The molecule has 5 heteroatoms. The van der Waals surface area contributed by atoms with E-state index in [-0.39, 0.29) is 4.90 Å². The molecule has 0 amide bonds. The second-order valence-electron chi connectivity index (χ2n) is 3.70. The van der Waals surface area contributed by atoms with Crippen molar-refractivity contribution in [1.82, 2.24) is 4.72 Å². The number of sulfonamides is 1. The average molecular weight is 252 g/mol. The van der Waals surface area contributed by atoms with Gasteiger partial charge in [0, 0.05) is 5.69 Å². The molecule has 1 aromatic rings. The van der Waals surface area contributed by atoms with Crippen LogP contribution in [0.2, 0.25) is 0 Å². The van der Waals surface area contributed by atoms with Crippen molar-refractivity contribution in [3.63, 3.8) is 0 Å². The van der Waals surface area contributed by atoms with Crippen LogP contribution in [0.15, 0.2) is 29.2 Å². The van der Waals surface area contributed by atoms with Gasteiger partial charge in [0.15, 0.2) is 0 Å². The van der Waals surface area contributed by atoms with Crippen LogP contribution < -0.4 is 10.5 Å². The van der Waals surface area contributed by atoms with Crippen molar-refractivity contribution >= 4 is 15.7 Å². The van der Waals surface area contributed by atoms with E-state index in [2.05, 4.69) is 10.6 Å². The molecule has 0 heterocycles. The zero-order chi connectivity index (χ0) is 12.9. The third kappa shape index (κ3) is 3.77. The first-order chi connectivity index (χ1) is 7.99. The van der Waals surface area contributed by atoms with Gasteiger partial charge in [-0.2, -0.15) is 4.72 Å². The van der Waals surface area contributed by atoms with Gasteiger partial charge in [-0.25, -0.2) is 8.42 Å². The Balaban J connectivity index is 2.93. The first-order valence-electron chi connectivity index (χ1n) is 5.33. The highest BCUT2D eigenvalue weighted by Crippen LogP contribution is 2.13. The van der Waals surface area contributed by atoms with Gasteiger partial charge in [-0.15, -0.1) is 6.42 Å². The number of hydrogen-bond donors (Lipinski definition) is 2. The lowest BCUT2D eigenvalue weighted by molar-refractivity contribution is 0.564. The first-order valence-corrected chi connectivity index (χ1v) is 6.82. The lowest BCUT2D eigenvalue weighted by atomic mass is 10.2. The summed E-state index contributed by atoms with van der Waals surface area (Å²) in [6, 6.07) is 5.63. The van der Waals surface area contributed by atoms with E-state index < -0.39 is 16.1 Å². The highest BCUT2D eigenvalue weighted by atomic mass is 32.2. The molecule has 0 saturated carbocycles. The highest BCUT2D eigenvalue weighted by Gasteiger charge is 2.18. The third-order valence-electron chi connectivity index (χ3n) is 2.24. The number of hydrogen-bond acceptors (Lipinski definition) is 3. The second kappa shape index (κ2) is 5.71. The van der Waals surface area contributed by atoms with E-state index in [1.807, 2.05) is 6.92 Å². The number of nitrogen functional groups attached to an aromatic ring is 1. The summed E-state index contributed by atoms with van der Waals surface area (Å²) in [5, 5.41) is 0. The fourth-order valence-corrected chi connectivity index (χ4v) is 2.65. The minimum atomic E-state index is -3.59. The predicted octanol–water partition coefficient (Wildman–Crippen LogP) is 1.35. The zero-order valence-corrected chi connectivity index (χ0v) is 10.5. The van der Waals surface area contributed by atoms with Crippen LogP contribution in [0.3, 0.4) is 0 Å². The number of anilines is 1. The van der Waals surface area contributed by atoms with Crippen LogP contribution in [0.4, 0.5) is 5.69 Å². The summed E-state index contributed by atoms with van der Waals surface area (Å²) in [7, 11) is -3.59. The number of benzene rings is 1. The van der Waals surface area contributed by atoms with Crippen LogP contribution in [0.5, 0.6) is 0 Å². The van der Waals surface area contributed by atoms with Crippen LogP contribution >= 0.6 is 0 Å². The molecule has 0 aliphatic heterocycles. The molecule has 0 aliphatic rings. The van der Waals surface area contributed by atoms with E-state index in [4.69, 9.17) is 12.2 Å². The topological polar surface area (TPSA) is 72.2 Å². The van der Waals surface area contributed by atoms with Gasteiger partial charge in [-0.1, -0.05) is 25.3 Å². The molecule has 0 aliphatic carbocycles. The van der Waals surface area contributed by atoms with Gasteiger partial charge in [-0.3, -0.25) is 0 Å². The van der Waals surface area contributed by atoms with Crippen LogP contribution in [0, 0.1) is 12.3 Å². The van der Waals surface area contributed by atoms with Gasteiger partial charge in [0.05, 0.1) is 10.9 Å². The van der Waals surface area contributed by atoms with Gasteiger partial charge in [-0.05, 0) is 24.6 Å². The van der Waals surface area contributed by atoms with Crippen molar-refractivity contribution in [2.45, 2.75) is 30.7 Å². The Morgan fingerprint density at radius 2 is 2.24 bits per heavy atom. The number of terminal acetylenes is 1. The molecule has 92 valence electrons. The Kier molecular flexibility index (Phi) is 4.55. The van der Waals surface area contributed by atoms with Crippen LogP contribution in [-0.2, 0) is 10.0 Å². The molecule has 3 N–H and O–H groups in total. The SMILES string of the molecule is C#CC(CCC)NS(=O)(=O)c1cccc(N)c1. The molecule has 1 atom stereocenters. The fourth-order valence-electron chi connectivity index (χ4n) is 1.40. The lowest BCUT2D eigenvalue weighted by Gasteiger charge is -2.12. The average Bonchev–Trinajstić information content (AvgIpc) is 2.28. The minimum Gasteiger partial charge on any atom is -0.399 e. The van der Waals surface area contributed by atoms with Crippen molar-refractivity contribution < 1.29 is 8.42 Å². The van der Waals surface area contributed by atoms with E-state index in [0.717, 1.165) is 6.42 Å². The van der Waals surface area contributed by atoms with Crippen LogP contribution in [0.25, 0.3) is 0 Å². The molecule has 0 radical (unpaired) electrons. The summed E-state index contributed by atoms with van der Waals surface area (Å²) >= 11 is 0. The summed E-state index contributed by atoms with van der Waals surface area (Å²) in [5.41, 5.74) is 5.95. The Hall–Kier alpha value is -1.51. The van der Waals surface area contributed by atoms with E-state index in [1.165, 1.54) is 12.1 Å². The predicted molar refractivity (Wildman–Crippen MR) is 68.7 cm³/mol. The number of nitrogens with two attached hydrogens (primary N) is 1. The number of nitrogens with one attached hydrogen (secondary N) is 1. The molecule has 1 aromatic carbocycles. The Morgan fingerprint density at radius 3 is 2.76 bits per heavy atom. The standard InChI is InChI=1S/C12H16N2O2S/c1-3-6-11(4-2)14-17(15,16)12-8-5-7-10(13)9-12/h2,5,7-9,11,14H,3,6,13H2,1H3. The summed E-state index contributed by atoms with van der Waals surface area (Å²) in [6.07, 6.45) is 6.70. The van der Waals surface area contributed by atoms with Crippen LogP contribution in [-0.4, -0.2) is 14.5 Å². The van der Waals surface area contributed by atoms with Gasteiger partial charge in [0.25, 0.3) is 0 Å². The molecule has 0 aromatic heterocycles. The lowest BCUT2D eigenvalue weighted by Crippen LogP contribution is -2.33. The third-order valence-corrected chi connectivity index (χ3v) is 3.71. The fraction of sp³-hybridized carbons (Fsp3) is 0.333. The van der Waals surface area contributed by atoms with E-state index >= 15 is 0 Å². The summed E-state index contributed by atoms with van der Waals surface area (Å²) < 4.78 is 26.4. The highest BCUT2D eigenvalue weighted by molar-refractivity contribution is 7.89. The van der Waals surface area contributed by atoms with E-state index in [0.29, 0.717) is 12.1 Å². The Morgan fingerprint density at radius 1 is 1.53 bits per heavy atom. The molecule has 0 spiro atoms. The normalized spacial score (nSPS) is 12.9. The molecule has 1 unspecified atom stereocenters. The Labute approximate surface area is 102 Å². The maximum Gasteiger partial charge on any atom is 0.241 e. The molecule has 0 fully saturated rings. The molecule has 4 nitrogen and oxygen atoms in total. The summed E-state index contributed by atoms with van der Waals surface area (Å²) in [5.74, 6) is 2.42. The molecular weight excluding hydrogens is 236 g/mol. The van der Waals surface area contributed by atoms with Crippen molar-refractivity contribution in [2.75, 3.05) is 5.73 Å². The monoisotopic (exact) mass is 252 g/mol. The maximum absolute atomic E-state index is 12.0. The molecule has 17 heavy (non-hydrogen) atoms. The van der Waals surface area contributed by atoms with Gasteiger partial charge < -0.3 is 5.73 Å². The first kappa shape index (κ1) is 13.6. The largest absolute Gasteiger partial charge is 0.399 e. The van der Waals surface area contributed by atoms with E-state index in [9.17, 15) is 8.42 Å². The van der Waals surface area contributed by atoms with Crippen LogP contribution in [0.1, 0.15) is 19.8 Å². The molecule has 1 rings (SSSR count). The Bertz CT molecular complexity index is 518. The van der Waals surface area contributed by atoms with Gasteiger partial charge in [0.1, 0.15) is 0 Å². The van der Waals surface area contributed by atoms with Crippen molar-refractivity contribution in [3.8, 4) is 12.3 Å². The summed E-state index contributed by atoms with van der Waals surface area (Å²) in [6.45, 7) is 1.94. The second-order valence-corrected chi connectivity index (χ2v) is 5.42. The maximum atomic E-state index is 12.0. The van der Waals surface area contributed by atoms with Gasteiger partial charge >= 0.3 is 0 Å². The minimum absolute atomic E-state index is 0.133. The molecule has 0 bridgehead atoms. The quantitative estimate of drug-likeness (QED) is 0.613. The summed E-state index contributed by atoms with van der Waals surface area (Å²) in [4.78, 5) is 0.133. The van der Waals surface area contributed by atoms with E-state index in [1.54, 1.807) is 12.1 Å². The van der Waals surface area contributed by atoms with Crippen molar-refractivity contribution in [2.24, 2.45) is 0 Å². The van der Waals surface area contributed by atoms with Gasteiger partial charge in [0.2, 0.25) is 10.0 Å². The molecule has 0 saturated heterocycles. The zero-order valence-electron chi connectivity index (χ0n) is 9.68. The smallest absolute Gasteiger partial charge is 0.241 e. The van der Waals surface area contributed by atoms with Crippen molar-refractivity contribution in [1.29, 1.82) is 0 Å². The van der Waals surface area contributed by atoms with Crippen molar-refractivity contribution in [3.05, 3.63) is 24.3 Å². The number of rotatable bonds is 5.